The van der Waals surface area contributed by atoms with Gasteiger partial charge in [0.2, 0.25) is 0 Å². The van der Waals surface area contributed by atoms with Gasteiger partial charge in [0.15, 0.2) is 5.69 Å². The number of para-hydroxylation sites is 1. The first-order valence-corrected chi connectivity index (χ1v) is 5.84. The van der Waals surface area contributed by atoms with E-state index >= 15 is 0 Å². The Labute approximate surface area is 110 Å². The molecule has 19 heavy (non-hydrogen) atoms. The Kier molecular flexibility index (Phi) is 2.79. The monoisotopic (exact) mass is 246 g/mol. The third-order valence-electron chi connectivity index (χ3n) is 2.78. The third kappa shape index (κ3) is 2.22. The lowest BCUT2D eigenvalue weighted by molar-refractivity contribution is 1.26. The predicted octanol–water partition coefficient (Wildman–Crippen LogP) is 3.25. The van der Waals surface area contributed by atoms with Crippen molar-refractivity contribution in [2.75, 3.05) is 5.32 Å². The second kappa shape index (κ2) is 4.75. The van der Waals surface area contributed by atoms with Gasteiger partial charge < -0.3 is 5.32 Å². The first-order valence-electron chi connectivity index (χ1n) is 5.84. The van der Waals surface area contributed by atoms with Gasteiger partial charge >= 0.3 is 0 Å². The summed E-state index contributed by atoms with van der Waals surface area (Å²) >= 11 is 0. The van der Waals surface area contributed by atoms with Crippen LogP contribution in [0.4, 0.5) is 11.4 Å². The SMILES string of the molecule is N#Cc1ncccc1Nc1cnc2ccccc2c1. The molecule has 0 amide bonds. The van der Waals surface area contributed by atoms with E-state index in [4.69, 9.17) is 5.26 Å². The minimum absolute atomic E-state index is 0.371. The molecule has 0 aliphatic heterocycles. The van der Waals surface area contributed by atoms with Crippen LogP contribution < -0.4 is 5.32 Å². The molecule has 90 valence electrons. The highest BCUT2D eigenvalue weighted by Gasteiger charge is 2.03. The molecule has 2 heterocycles. The smallest absolute Gasteiger partial charge is 0.163 e. The summed E-state index contributed by atoms with van der Waals surface area (Å²) in [5.74, 6) is 0. The Hall–Kier alpha value is -2.93. The average Bonchev–Trinajstić information content (AvgIpc) is 2.48. The van der Waals surface area contributed by atoms with Gasteiger partial charge in [-0.2, -0.15) is 5.26 Å². The molecule has 4 heteroatoms. The molecule has 0 saturated carbocycles. The molecule has 1 N–H and O–H groups in total. The highest BCUT2D eigenvalue weighted by molar-refractivity contribution is 5.82. The normalized spacial score (nSPS) is 10.1. The summed E-state index contributed by atoms with van der Waals surface area (Å²) in [7, 11) is 0. The molecule has 0 bridgehead atoms. The second-order valence-corrected chi connectivity index (χ2v) is 4.05. The van der Waals surface area contributed by atoms with Crippen LogP contribution in [0.5, 0.6) is 0 Å². The van der Waals surface area contributed by atoms with Crippen LogP contribution in [-0.2, 0) is 0 Å². The molecule has 0 spiro atoms. The molecule has 0 fully saturated rings. The van der Waals surface area contributed by atoms with Crippen molar-refractivity contribution in [3.05, 3.63) is 60.6 Å². The number of nitrogens with zero attached hydrogens (tertiary/aromatic N) is 3. The van der Waals surface area contributed by atoms with E-state index in [9.17, 15) is 0 Å². The first kappa shape index (κ1) is 11.2. The predicted molar refractivity (Wildman–Crippen MR) is 74.0 cm³/mol. The maximum Gasteiger partial charge on any atom is 0.163 e. The van der Waals surface area contributed by atoms with Gasteiger partial charge in [-0.1, -0.05) is 18.2 Å². The van der Waals surface area contributed by atoms with Crippen molar-refractivity contribution in [3.63, 3.8) is 0 Å². The van der Waals surface area contributed by atoms with Crippen molar-refractivity contribution < 1.29 is 0 Å². The van der Waals surface area contributed by atoms with Crippen LogP contribution in [-0.4, -0.2) is 9.97 Å². The number of hydrogen-bond acceptors (Lipinski definition) is 4. The molecule has 0 unspecified atom stereocenters. The number of fused-ring (bicyclic) bond motifs is 1. The number of hydrogen-bond donors (Lipinski definition) is 1. The molecule has 3 rings (SSSR count). The van der Waals surface area contributed by atoms with Crippen molar-refractivity contribution in [1.82, 2.24) is 9.97 Å². The topological polar surface area (TPSA) is 61.6 Å². The number of anilines is 2. The van der Waals surface area contributed by atoms with Gasteiger partial charge in [0, 0.05) is 11.6 Å². The minimum Gasteiger partial charge on any atom is -0.352 e. The van der Waals surface area contributed by atoms with Gasteiger partial charge in [-0.3, -0.25) is 4.98 Å². The van der Waals surface area contributed by atoms with Crippen LogP contribution in [0.2, 0.25) is 0 Å². The fourth-order valence-electron chi connectivity index (χ4n) is 1.89. The third-order valence-corrected chi connectivity index (χ3v) is 2.78. The number of nitriles is 1. The van der Waals surface area contributed by atoms with Gasteiger partial charge in [-0.05, 0) is 24.3 Å². The quantitative estimate of drug-likeness (QED) is 0.754. The molecule has 0 saturated heterocycles. The van der Waals surface area contributed by atoms with E-state index in [1.54, 1.807) is 18.5 Å². The Morgan fingerprint density at radius 3 is 2.84 bits per heavy atom. The van der Waals surface area contributed by atoms with Crippen molar-refractivity contribution in [3.8, 4) is 6.07 Å². The second-order valence-electron chi connectivity index (χ2n) is 4.05. The van der Waals surface area contributed by atoms with E-state index in [-0.39, 0.29) is 0 Å². The lowest BCUT2D eigenvalue weighted by atomic mass is 10.2. The van der Waals surface area contributed by atoms with Gasteiger partial charge in [0.05, 0.1) is 23.1 Å². The van der Waals surface area contributed by atoms with Crippen LogP contribution in [0, 0.1) is 11.3 Å². The Morgan fingerprint density at radius 2 is 1.95 bits per heavy atom. The van der Waals surface area contributed by atoms with Crippen molar-refractivity contribution in [1.29, 1.82) is 5.26 Å². The van der Waals surface area contributed by atoms with E-state index in [1.807, 2.05) is 36.4 Å². The fourth-order valence-corrected chi connectivity index (χ4v) is 1.89. The fraction of sp³-hybridized carbons (Fsp3) is 0. The summed E-state index contributed by atoms with van der Waals surface area (Å²) in [6.45, 7) is 0. The molecule has 0 aliphatic carbocycles. The minimum atomic E-state index is 0.371. The van der Waals surface area contributed by atoms with E-state index < -0.39 is 0 Å². The highest BCUT2D eigenvalue weighted by atomic mass is 14.9. The number of benzene rings is 1. The summed E-state index contributed by atoms with van der Waals surface area (Å²) in [6, 6.07) is 15.6. The highest BCUT2D eigenvalue weighted by Crippen LogP contribution is 2.21. The molecular formula is C15H10N4. The van der Waals surface area contributed by atoms with Crippen LogP contribution in [0.25, 0.3) is 10.9 Å². The van der Waals surface area contributed by atoms with Crippen LogP contribution in [0.15, 0.2) is 54.9 Å². The lowest BCUT2D eigenvalue weighted by Gasteiger charge is -2.07. The van der Waals surface area contributed by atoms with Gasteiger partial charge in [-0.25, -0.2) is 4.98 Å². The number of pyridine rings is 2. The zero-order valence-corrected chi connectivity index (χ0v) is 10.0. The number of nitrogens with one attached hydrogen (secondary N) is 1. The lowest BCUT2D eigenvalue weighted by Crippen LogP contribution is -1.96. The number of aromatic nitrogens is 2. The molecule has 0 aliphatic rings. The largest absolute Gasteiger partial charge is 0.352 e. The van der Waals surface area contributed by atoms with E-state index in [1.165, 1.54) is 0 Å². The van der Waals surface area contributed by atoms with E-state index in [0.29, 0.717) is 11.4 Å². The summed E-state index contributed by atoms with van der Waals surface area (Å²) in [5, 5.41) is 13.2. The molecule has 0 atom stereocenters. The van der Waals surface area contributed by atoms with Crippen molar-refractivity contribution >= 4 is 22.3 Å². The molecule has 4 nitrogen and oxygen atoms in total. The van der Waals surface area contributed by atoms with Crippen molar-refractivity contribution in [2.45, 2.75) is 0 Å². The molecule has 3 aromatic rings. The summed E-state index contributed by atoms with van der Waals surface area (Å²) in [4.78, 5) is 8.38. The van der Waals surface area contributed by atoms with Gasteiger partial charge in [-0.15, -0.1) is 0 Å². The molecule has 0 radical (unpaired) electrons. The molecule has 1 aromatic carbocycles. The van der Waals surface area contributed by atoms with E-state index in [0.717, 1.165) is 16.6 Å². The summed E-state index contributed by atoms with van der Waals surface area (Å²) in [5.41, 5.74) is 2.83. The van der Waals surface area contributed by atoms with Gasteiger partial charge in [0.1, 0.15) is 6.07 Å². The number of rotatable bonds is 2. The average molecular weight is 246 g/mol. The summed E-state index contributed by atoms with van der Waals surface area (Å²) in [6.07, 6.45) is 3.35. The zero-order chi connectivity index (χ0) is 13.1. The Balaban J connectivity index is 1.99. The maximum absolute atomic E-state index is 9.00. The zero-order valence-electron chi connectivity index (χ0n) is 10.0. The van der Waals surface area contributed by atoms with Crippen LogP contribution >= 0.6 is 0 Å². The van der Waals surface area contributed by atoms with Gasteiger partial charge in [0.25, 0.3) is 0 Å². The molecule has 2 aromatic heterocycles. The Bertz CT molecular complexity index is 774. The summed E-state index contributed by atoms with van der Waals surface area (Å²) < 4.78 is 0. The maximum atomic E-state index is 9.00. The van der Waals surface area contributed by atoms with E-state index in [2.05, 4.69) is 21.4 Å². The first-order chi connectivity index (χ1) is 9.36. The standard InChI is InChI=1S/C15H10N4/c16-9-15-14(6-3-7-17-15)19-12-8-11-4-1-2-5-13(11)18-10-12/h1-8,10,19H. The van der Waals surface area contributed by atoms with Crippen molar-refractivity contribution in [2.24, 2.45) is 0 Å². The van der Waals surface area contributed by atoms with Crippen LogP contribution in [0.3, 0.4) is 0 Å². The van der Waals surface area contributed by atoms with Crippen LogP contribution in [0.1, 0.15) is 5.69 Å². The Morgan fingerprint density at radius 1 is 1.05 bits per heavy atom. The molecular weight excluding hydrogens is 236 g/mol.